The van der Waals surface area contributed by atoms with Crippen molar-refractivity contribution in [2.75, 3.05) is 13.1 Å². The van der Waals surface area contributed by atoms with Crippen LogP contribution in [0.15, 0.2) is 18.2 Å². The van der Waals surface area contributed by atoms with E-state index in [1.165, 1.54) is 4.90 Å². The summed E-state index contributed by atoms with van der Waals surface area (Å²) in [5.41, 5.74) is 1.11. The zero-order chi connectivity index (χ0) is 11.5. The summed E-state index contributed by atoms with van der Waals surface area (Å²) in [7, 11) is 0. The van der Waals surface area contributed by atoms with E-state index < -0.39 is 0 Å². The highest BCUT2D eigenvalue weighted by molar-refractivity contribution is 6.35. The van der Waals surface area contributed by atoms with Crippen LogP contribution in [0.5, 0.6) is 0 Å². The number of halogens is 2. The molecule has 0 amide bonds. The molecule has 1 aromatic carbocycles. The fourth-order valence-corrected chi connectivity index (χ4v) is 2.70. The van der Waals surface area contributed by atoms with Gasteiger partial charge in [0.1, 0.15) is 19.2 Å². The number of hydrogen-bond donors (Lipinski definition) is 2. The normalized spacial score (nSPS) is 25.7. The van der Waals surface area contributed by atoms with Crippen LogP contribution in [0, 0.1) is 0 Å². The molecule has 1 heterocycles. The first-order valence-electron chi connectivity index (χ1n) is 5.60. The molecule has 2 nitrogen and oxygen atoms in total. The third-order valence-electron chi connectivity index (χ3n) is 3.05. The summed E-state index contributed by atoms with van der Waals surface area (Å²) < 4.78 is 0. The molecule has 0 aromatic heterocycles. The number of hydrogen-bond acceptors (Lipinski definition) is 1. The Bertz CT molecular complexity index is 370. The van der Waals surface area contributed by atoms with Crippen LogP contribution in [-0.4, -0.2) is 24.3 Å². The summed E-state index contributed by atoms with van der Waals surface area (Å²) in [6, 6.07) is 5.61. The van der Waals surface area contributed by atoms with Gasteiger partial charge in [-0.15, -0.1) is 0 Å². The lowest BCUT2D eigenvalue weighted by Gasteiger charge is -2.27. The van der Waals surface area contributed by atoms with Gasteiger partial charge in [-0.3, -0.25) is 0 Å². The Morgan fingerprint density at radius 3 is 2.88 bits per heavy atom. The van der Waals surface area contributed by atoms with E-state index in [0.29, 0.717) is 5.02 Å². The van der Waals surface area contributed by atoms with Gasteiger partial charge >= 0.3 is 0 Å². The molecule has 1 saturated heterocycles. The highest BCUT2D eigenvalue weighted by Gasteiger charge is 2.21. The number of quaternary nitrogens is 1. The fourth-order valence-electron chi connectivity index (χ4n) is 2.22. The van der Waals surface area contributed by atoms with Gasteiger partial charge < -0.3 is 10.0 Å². The van der Waals surface area contributed by atoms with Crippen LogP contribution >= 0.6 is 23.2 Å². The Labute approximate surface area is 106 Å². The fraction of sp³-hybridized carbons (Fsp3) is 0.500. The van der Waals surface area contributed by atoms with Crippen molar-refractivity contribution in [3.05, 3.63) is 33.8 Å². The minimum Gasteiger partial charge on any atom is -0.387 e. The van der Waals surface area contributed by atoms with Crippen LogP contribution in [0.4, 0.5) is 0 Å². The van der Waals surface area contributed by atoms with Crippen LogP contribution in [0.1, 0.15) is 18.4 Å². The predicted molar refractivity (Wildman–Crippen MR) is 66.1 cm³/mol. The molecule has 2 atom stereocenters. The number of aliphatic hydroxyl groups is 1. The number of rotatable bonds is 2. The number of nitrogens with one attached hydrogen (secondary N) is 1. The molecule has 1 fully saturated rings. The molecule has 1 aliphatic heterocycles. The maximum Gasteiger partial charge on any atom is 0.104 e. The van der Waals surface area contributed by atoms with Crippen molar-refractivity contribution in [2.45, 2.75) is 25.5 Å². The smallest absolute Gasteiger partial charge is 0.104 e. The highest BCUT2D eigenvalue weighted by atomic mass is 35.5. The Morgan fingerprint density at radius 1 is 1.38 bits per heavy atom. The van der Waals surface area contributed by atoms with Gasteiger partial charge in [0.05, 0.1) is 11.6 Å². The third kappa shape index (κ3) is 3.11. The lowest BCUT2D eigenvalue weighted by molar-refractivity contribution is -0.921. The number of benzene rings is 1. The second kappa shape index (κ2) is 5.37. The van der Waals surface area contributed by atoms with Crippen molar-refractivity contribution in [3.63, 3.8) is 0 Å². The zero-order valence-electron chi connectivity index (χ0n) is 9.05. The van der Waals surface area contributed by atoms with E-state index in [1.807, 2.05) is 12.1 Å². The Hall–Kier alpha value is -0.280. The Kier molecular flexibility index (Phi) is 4.09. The summed E-state index contributed by atoms with van der Waals surface area (Å²) in [5.74, 6) is 0. The molecular weight excluding hydrogens is 245 g/mol. The highest BCUT2D eigenvalue weighted by Crippen LogP contribution is 2.20. The van der Waals surface area contributed by atoms with Gasteiger partial charge in [0, 0.05) is 10.6 Å². The molecule has 0 aliphatic carbocycles. The van der Waals surface area contributed by atoms with E-state index in [-0.39, 0.29) is 6.10 Å². The summed E-state index contributed by atoms with van der Waals surface area (Å²) in [6.07, 6.45) is 1.86. The molecular formula is C12H16Cl2NO+. The molecule has 0 radical (unpaired) electrons. The molecule has 1 aliphatic rings. The van der Waals surface area contributed by atoms with E-state index in [0.717, 1.165) is 43.1 Å². The minimum atomic E-state index is -0.158. The monoisotopic (exact) mass is 260 g/mol. The van der Waals surface area contributed by atoms with Crippen molar-refractivity contribution < 1.29 is 10.0 Å². The van der Waals surface area contributed by atoms with Crippen LogP contribution < -0.4 is 4.90 Å². The molecule has 4 heteroatoms. The molecule has 88 valence electrons. The molecule has 1 unspecified atom stereocenters. The van der Waals surface area contributed by atoms with Gasteiger partial charge in [0.2, 0.25) is 0 Å². The van der Waals surface area contributed by atoms with E-state index in [4.69, 9.17) is 23.2 Å². The van der Waals surface area contributed by atoms with Crippen molar-refractivity contribution in [2.24, 2.45) is 0 Å². The molecule has 0 spiro atoms. The standard InChI is InChI=1S/C12H15Cl2NO/c13-10-4-3-9(12(14)6-10)7-15-5-1-2-11(16)8-15/h3-4,6,11,16H,1-2,5,7-8H2/p+1/t11-/m1/s1. The first-order chi connectivity index (χ1) is 7.65. The average molecular weight is 261 g/mol. The van der Waals surface area contributed by atoms with Crippen molar-refractivity contribution in [3.8, 4) is 0 Å². The third-order valence-corrected chi connectivity index (χ3v) is 3.63. The van der Waals surface area contributed by atoms with Crippen molar-refractivity contribution >= 4 is 23.2 Å². The van der Waals surface area contributed by atoms with Crippen molar-refractivity contribution in [1.29, 1.82) is 0 Å². The lowest BCUT2D eigenvalue weighted by atomic mass is 10.1. The van der Waals surface area contributed by atoms with Crippen LogP contribution in [0.3, 0.4) is 0 Å². The summed E-state index contributed by atoms with van der Waals surface area (Å²) in [6.45, 7) is 2.79. The SMILES string of the molecule is O[C@@H]1CCC[NH+](Cc2ccc(Cl)cc2Cl)C1. The molecule has 0 bridgehead atoms. The maximum atomic E-state index is 9.60. The van der Waals surface area contributed by atoms with Gasteiger partial charge in [0.25, 0.3) is 0 Å². The van der Waals surface area contributed by atoms with E-state index in [2.05, 4.69) is 0 Å². The van der Waals surface area contributed by atoms with Gasteiger partial charge in [-0.05, 0) is 25.0 Å². The molecule has 2 rings (SSSR count). The van der Waals surface area contributed by atoms with Crippen LogP contribution in [0.2, 0.25) is 10.0 Å². The second-order valence-electron chi connectivity index (χ2n) is 4.41. The maximum absolute atomic E-state index is 9.60. The van der Waals surface area contributed by atoms with Crippen LogP contribution in [-0.2, 0) is 6.54 Å². The van der Waals surface area contributed by atoms with Gasteiger partial charge in [-0.25, -0.2) is 0 Å². The second-order valence-corrected chi connectivity index (χ2v) is 5.26. The quantitative estimate of drug-likeness (QED) is 0.829. The number of likely N-dealkylation sites (tertiary alicyclic amines) is 1. The van der Waals surface area contributed by atoms with E-state index in [1.54, 1.807) is 6.07 Å². The minimum absolute atomic E-state index is 0.158. The molecule has 16 heavy (non-hydrogen) atoms. The lowest BCUT2D eigenvalue weighted by Crippen LogP contribution is -3.12. The average Bonchev–Trinajstić information content (AvgIpc) is 2.22. The topological polar surface area (TPSA) is 24.7 Å². The molecule has 2 N–H and O–H groups in total. The first-order valence-corrected chi connectivity index (χ1v) is 6.36. The van der Waals surface area contributed by atoms with E-state index >= 15 is 0 Å². The Balaban J connectivity index is 2.02. The van der Waals surface area contributed by atoms with E-state index in [9.17, 15) is 5.11 Å². The predicted octanol–water partition coefficient (Wildman–Crippen LogP) is 1.53. The largest absolute Gasteiger partial charge is 0.387 e. The van der Waals surface area contributed by atoms with Crippen LogP contribution in [0.25, 0.3) is 0 Å². The summed E-state index contributed by atoms with van der Waals surface area (Å²) in [4.78, 5) is 1.39. The first kappa shape index (κ1) is 12.2. The zero-order valence-corrected chi connectivity index (χ0v) is 10.6. The van der Waals surface area contributed by atoms with Gasteiger partial charge in [0.15, 0.2) is 0 Å². The van der Waals surface area contributed by atoms with Gasteiger partial charge in [-0.1, -0.05) is 29.3 Å². The summed E-state index contributed by atoms with van der Waals surface area (Å²) >= 11 is 12.0. The Morgan fingerprint density at radius 2 is 2.19 bits per heavy atom. The molecule has 1 aromatic rings. The molecule has 0 saturated carbocycles. The number of aliphatic hydroxyl groups excluding tert-OH is 1. The number of piperidine rings is 1. The van der Waals surface area contributed by atoms with Gasteiger partial charge in [-0.2, -0.15) is 0 Å². The summed E-state index contributed by atoms with van der Waals surface area (Å²) in [5, 5.41) is 11.0. The van der Waals surface area contributed by atoms with Crippen molar-refractivity contribution in [1.82, 2.24) is 0 Å².